The van der Waals surface area contributed by atoms with Crippen molar-refractivity contribution in [1.82, 2.24) is 0 Å². The van der Waals surface area contributed by atoms with Crippen molar-refractivity contribution in [2.45, 2.75) is 13.8 Å². The third-order valence-electron chi connectivity index (χ3n) is 2.27. The van der Waals surface area contributed by atoms with Crippen LogP contribution in [-0.4, -0.2) is 5.78 Å². The monoisotopic (exact) mass is 205 g/mol. The summed E-state index contributed by atoms with van der Waals surface area (Å²) in [6.45, 7) is 3.58. The van der Waals surface area contributed by atoms with Crippen molar-refractivity contribution in [2.24, 2.45) is 0 Å². The van der Waals surface area contributed by atoms with Crippen molar-refractivity contribution in [3.8, 4) is 0 Å². The Morgan fingerprint density at radius 3 is 2.71 bits per heavy atom. The molecule has 0 aliphatic heterocycles. The second-order valence-corrected chi connectivity index (χ2v) is 4.37. The number of nitrogens with two attached hydrogens (primary N) is 1. The van der Waals surface area contributed by atoms with Crippen LogP contribution >= 0.6 is 11.3 Å². The van der Waals surface area contributed by atoms with Crippen molar-refractivity contribution in [3.05, 3.63) is 28.6 Å². The molecule has 2 aromatic rings. The molecule has 2 nitrogen and oxygen atoms in total. The third kappa shape index (κ3) is 1.21. The van der Waals surface area contributed by atoms with Crippen LogP contribution in [0.25, 0.3) is 10.1 Å². The average molecular weight is 205 g/mol. The van der Waals surface area contributed by atoms with Gasteiger partial charge in [0.2, 0.25) is 0 Å². The van der Waals surface area contributed by atoms with Crippen LogP contribution in [-0.2, 0) is 0 Å². The van der Waals surface area contributed by atoms with Gasteiger partial charge >= 0.3 is 0 Å². The highest BCUT2D eigenvalue weighted by Gasteiger charge is 2.13. The van der Waals surface area contributed by atoms with Gasteiger partial charge in [0.25, 0.3) is 0 Å². The van der Waals surface area contributed by atoms with E-state index in [1.54, 1.807) is 6.92 Å². The van der Waals surface area contributed by atoms with Crippen LogP contribution in [0.4, 0.5) is 5.69 Å². The number of carbonyl (C=O) groups excluding carboxylic acids is 1. The number of carbonyl (C=O) groups is 1. The predicted octanol–water partition coefficient (Wildman–Crippen LogP) is 2.99. The molecule has 0 unspecified atom stereocenters. The Morgan fingerprint density at radius 2 is 2.14 bits per heavy atom. The molecule has 0 saturated carbocycles. The molecular formula is C11H11NOS. The van der Waals surface area contributed by atoms with Crippen LogP contribution in [0, 0.1) is 6.92 Å². The molecule has 0 fully saturated rings. The van der Waals surface area contributed by atoms with Crippen molar-refractivity contribution in [2.75, 3.05) is 5.73 Å². The summed E-state index contributed by atoms with van der Waals surface area (Å²) in [4.78, 5) is 12.0. The maximum Gasteiger partial charge on any atom is 0.171 e. The Hall–Kier alpha value is -1.35. The first-order valence-electron chi connectivity index (χ1n) is 4.40. The molecule has 14 heavy (non-hydrogen) atoms. The fourth-order valence-electron chi connectivity index (χ4n) is 1.54. The van der Waals surface area contributed by atoms with E-state index >= 15 is 0 Å². The number of hydrogen-bond acceptors (Lipinski definition) is 3. The first-order valence-corrected chi connectivity index (χ1v) is 5.21. The van der Waals surface area contributed by atoms with Crippen LogP contribution in [0.15, 0.2) is 18.2 Å². The Kier molecular flexibility index (Phi) is 2.04. The van der Waals surface area contributed by atoms with E-state index in [9.17, 15) is 4.79 Å². The van der Waals surface area contributed by atoms with Crippen LogP contribution in [0.5, 0.6) is 0 Å². The highest BCUT2D eigenvalue weighted by molar-refractivity contribution is 7.21. The van der Waals surface area contributed by atoms with Crippen molar-refractivity contribution >= 4 is 32.9 Å². The van der Waals surface area contributed by atoms with E-state index in [1.165, 1.54) is 16.9 Å². The highest BCUT2D eigenvalue weighted by Crippen LogP contribution is 2.35. The van der Waals surface area contributed by atoms with Gasteiger partial charge < -0.3 is 5.73 Å². The molecule has 72 valence electrons. The lowest BCUT2D eigenvalue weighted by Gasteiger charge is -1.94. The Morgan fingerprint density at radius 1 is 1.43 bits per heavy atom. The van der Waals surface area contributed by atoms with Gasteiger partial charge in [0.05, 0.1) is 10.6 Å². The number of nitrogen functional groups attached to an aromatic ring is 1. The lowest BCUT2D eigenvalue weighted by Crippen LogP contribution is -1.93. The summed E-state index contributed by atoms with van der Waals surface area (Å²) in [7, 11) is 0. The molecule has 1 aromatic heterocycles. The summed E-state index contributed by atoms with van der Waals surface area (Å²) in [5, 5.41) is 1.00. The van der Waals surface area contributed by atoms with Gasteiger partial charge in [-0.1, -0.05) is 18.2 Å². The SMILES string of the molecule is CC(=O)c1sc2c(C)cccc2c1N. The molecule has 1 aromatic carbocycles. The minimum absolute atomic E-state index is 0.0445. The quantitative estimate of drug-likeness (QED) is 0.727. The van der Waals surface area contributed by atoms with E-state index in [4.69, 9.17) is 5.73 Å². The van der Waals surface area contributed by atoms with Crippen LogP contribution in [0.1, 0.15) is 22.2 Å². The number of rotatable bonds is 1. The molecule has 2 rings (SSSR count). The fourth-order valence-corrected chi connectivity index (χ4v) is 2.63. The molecule has 0 atom stereocenters. The molecule has 0 spiro atoms. The number of hydrogen-bond donors (Lipinski definition) is 1. The summed E-state index contributed by atoms with van der Waals surface area (Å²) in [6.07, 6.45) is 0. The van der Waals surface area contributed by atoms with E-state index in [-0.39, 0.29) is 5.78 Å². The first kappa shape index (κ1) is 9.21. The second-order valence-electron chi connectivity index (χ2n) is 3.35. The molecule has 0 aliphatic rings. The molecule has 1 heterocycles. The Balaban J connectivity index is 2.86. The Labute approximate surface area is 86.3 Å². The number of thiophene rings is 1. The summed E-state index contributed by atoms with van der Waals surface area (Å²) in [5.74, 6) is 0.0445. The highest BCUT2D eigenvalue weighted by atomic mass is 32.1. The normalized spacial score (nSPS) is 10.7. The second kappa shape index (κ2) is 3.10. The smallest absolute Gasteiger partial charge is 0.171 e. The van der Waals surface area contributed by atoms with E-state index in [0.717, 1.165) is 10.1 Å². The van der Waals surface area contributed by atoms with Crippen LogP contribution in [0.3, 0.4) is 0 Å². The van der Waals surface area contributed by atoms with Gasteiger partial charge in [0.1, 0.15) is 0 Å². The summed E-state index contributed by atoms with van der Waals surface area (Å²) in [6, 6.07) is 5.95. The number of anilines is 1. The summed E-state index contributed by atoms with van der Waals surface area (Å²) < 4.78 is 1.12. The van der Waals surface area contributed by atoms with Crippen molar-refractivity contribution in [1.29, 1.82) is 0 Å². The van der Waals surface area contributed by atoms with Crippen molar-refractivity contribution < 1.29 is 4.79 Å². The molecular weight excluding hydrogens is 194 g/mol. The van der Waals surface area contributed by atoms with Gasteiger partial charge in [-0.25, -0.2) is 0 Å². The Bertz CT molecular complexity index is 513. The van der Waals surface area contributed by atoms with Gasteiger partial charge in [-0.2, -0.15) is 0 Å². The number of ketones is 1. The summed E-state index contributed by atoms with van der Waals surface area (Å²) >= 11 is 1.48. The van der Waals surface area contributed by atoms with E-state index < -0.39 is 0 Å². The zero-order valence-corrected chi connectivity index (χ0v) is 8.94. The predicted molar refractivity (Wildman–Crippen MR) is 61.0 cm³/mol. The molecule has 2 N–H and O–H groups in total. The molecule has 3 heteroatoms. The largest absolute Gasteiger partial charge is 0.397 e. The van der Waals surface area contributed by atoms with E-state index in [1.807, 2.05) is 25.1 Å². The van der Waals surface area contributed by atoms with E-state index in [2.05, 4.69) is 0 Å². The maximum absolute atomic E-state index is 11.3. The minimum Gasteiger partial charge on any atom is -0.397 e. The first-order chi connectivity index (χ1) is 6.61. The van der Waals surface area contributed by atoms with Gasteiger partial charge in [0, 0.05) is 17.0 Å². The van der Waals surface area contributed by atoms with Crippen LogP contribution < -0.4 is 5.73 Å². The van der Waals surface area contributed by atoms with Gasteiger partial charge in [-0.15, -0.1) is 11.3 Å². The zero-order chi connectivity index (χ0) is 10.3. The topological polar surface area (TPSA) is 43.1 Å². The molecule has 0 bridgehead atoms. The maximum atomic E-state index is 11.3. The molecule has 0 amide bonds. The molecule has 0 radical (unpaired) electrons. The average Bonchev–Trinajstić information content (AvgIpc) is 2.46. The number of aryl methyl sites for hydroxylation is 1. The standard InChI is InChI=1S/C11H11NOS/c1-6-4-3-5-8-9(12)11(7(2)13)14-10(6)8/h3-5H,12H2,1-2H3. The number of fused-ring (bicyclic) bond motifs is 1. The minimum atomic E-state index is 0.0445. The lowest BCUT2D eigenvalue weighted by atomic mass is 10.1. The zero-order valence-electron chi connectivity index (χ0n) is 8.13. The van der Waals surface area contributed by atoms with Gasteiger partial charge in [0.15, 0.2) is 5.78 Å². The van der Waals surface area contributed by atoms with Crippen LogP contribution in [0.2, 0.25) is 0 Å². The summed E-state index contributed by atoms with van der Waals surface area (Å²) in [5.41, 5.74) is 7.70. The van der Waals surface area contributed by atoms with Gasteiger partial charge in [-0.05, 0) is 12.5 Å². The lowest BCUT2D eigenvalue weighted by molar-refractivity contribution is 0.102. The fraction of sp³-hybridized carbons (Fsp3) is 0.182. The molecule has 0 saturated heterocycles. The third-order valence-corrected chi connectivity index (χ3v) is 3.73. The number of Topliss-reactive ketones (excluding diaryl/α,β-unsaturated/α-hetero) is 1. The van der Waals surface area contributed by atoms with Crippen molar-refractivity contribution in [3.63, 3.8) is 0 Å². The van der Waals surface area contributed by atoms with Gasteiger partial charge in [-0.3, -0.25) is 4.79 Å². The molecule has 0 aliphatic carbocycles. The van der Waals surface area contributed by atoms with E-state index in [0.29, 0.717) is 10.6 Å². The number of benzene rings is 1.